The maximum atomic E-state index is 12.9. The molecule has 0 aliphatic carbocycles. The predicted octanol–water partition coefficient (Wildman–Crippen LogP) is 3.02. The molecule has 2 aromatic rings. The number of carbonyl (C=O) groups excluding carboxylic acids is 2. The molecule has 1 saturated heterocycles. The fourth-order valence-electron chi connectivity index (χ4n) is 2.74. The molecular weight excluding hydrogens is 339 g/mol. The molecule has 0 aromatic heterocycles. The maximum Gasteiger partial charge on any atom is 0.239 e. The Morgan fingerprint density at radius 1 is 1.28 bits per heavy atom. The minimum absolute atomic E-state index is 0.0195. The third-order valence-corrected chi connectivity index (χ3v) is 5.27. The van der Waals surface area contributed by atoms with Gasteiger partial charge in [-0.05, 0) is 30.2 Å². The molecule has 4 nitrogen and oxygen atoms in total. The van der Waals surface area contributed by atoms with Crippen LogP contribution in [0.25, 0.3) is 0 Å². The van der Waals surface area contributed by atoms with Gasteiger partial charge < -0.3 is 10.2 Å². The van der Waals surface area contributed by atoms with Crippen LogP contribution in [0.15, 0.2) is 48.5 Å². The van der Waals surface area contributed by atoms with Crippen LogP contribution < -0.4 is 5.32 Å². The highest BCUT2D eigenvalue weighted by Crippen LogP contribution is 2.38. The molecule has 0 radical (unpaired) electrons. The predicted molar refractivity (Wildman–Crippen MR) is 96.3 cm³/mol. The van der Waals surface area contributed by atoms with E-state index in [4.69, 9.17) is 0 Å². The highest BCUT2D eigenvalue weighted by molar-refractivity contribution is 8.00. The summed E-state index contributed by atoms with van der Waals surface area (Å²) in [5.74, 6) is -0.189. The second-order valence-corrected chi connectivity index (χ2v) is 7.07. The van der Waals surface area contributed by atoms with Gasteiger partial charge in [0.1, 0.15) is 17.7 Å². The van der Waals surface area contributed by atoms with Crippen molar-refractivity contribution in [2.45, 2.75) is 18.8 Å². The largest absolute Gasteiger partial charge is 0.350 e. The molecule has 1 fully saturated rings. The summed E-state index contributed by atoms with van der Waals surface area (Å²) < 4.78 is 12.9. The Kier molecular flexibility index (Phi) is 5.38. The van der Waals surface area contributed by atoms with Gasteiger partial charge in [0.05, 0.1) is 5.75 Å². The Morgan fingerprint density at radius 2 is 2.04 bits per heavy atom. The second-order valence-electron chi connectivity index (χ2n) is 6.00. The van der Waals surface area contributed by atoms with Crippen molar-refractivity contribution in [1.82, 2.24) is 10.2 Å². The van der Waals surface area contributed by atoms with Gasteiger partial charge >= 0.3 is 0 Å². The molecule has 3 rings (SSSR count). The molecule has 130 valence electrons. The van der Waals surface area contributed by atoms with E-state index in [-0.39, 0.29) is 29.6 Å². The van der Waals surface area contributed by atoms with Crippen LogP contribution in [0.2, 0.25) is 0 Å². The monoisotopic (exact) mass is 358 g/mol. The number of rotatable bonds is 5. The molecule has 1 N–H and O–H groups in total. The first-order valence-electron chi connectivity index (χ1n) is 8.02. The maximum absolute atomic E-state index is 12.9. The molecular formula is C19H19FN2O2S. The quantitative estimate of drug-likeness (QED) is 0.894. The average Bonchev–Trinajstić information content (AvgIpc) is 2.95. The first kappa shape index (κ1) is 17.5. The third-order valence-electron chi connectivity index (χ3n) is 4.01. The molecule has 1 aliphatic heterocycles. The van der Waals surface area contributed by atoms with Crippen LogP contribution in [-0.2, 0) is 16.1 Å². The lowest BCUT2D eigenvalue weighted by atomic mass is 10.1. The number of benzene rings is 2. The van der Waals surface area contributed by atoms with E-state index in [1.807, 2.05) is 31.2 Å². The zero-order chi connectivity index (χ0) is 17.8. The number of hydrogen-bond acceptors (Lipinski definition) is 3. The van der Waals surface area contributed by atoms with Crippen LogP contribution in [-0.4, -0.2) is 29.0 Å². The number of thioether (sulfide) groups is 1. The van der Waals surface area contributed by atoms with Gasteiger partial charge in [-0.25, -0.2) is 4.39 Å². The lowest BCUT2D eigenvalue weighted by molar-refractivity contribution is -0.133. The summed E-state index contributed by atoms with van der Waals surface area (Å²) in [5, 5.41) is 2.65. The molecule has 1 heterocycles. The number of aryl methyl sites for hydroxylation is 1. The number of nitrogens with one attached hydrogen (secondary N) is 1. The summed E-state index contributed by atoms with van der Waals surface area (Å²) in [7, 11) is 0. The lowest BCUT2D eigenvalue weighted by Crippen LogP contribution is -2.39. The first-order valence-corrected chi connectivity index (χ1v) is 9.06. The van der Waals surface area contributed by atoms with Crippen molar-refractivity contribution in [3.05, 3.63) is 71.0 Å². The Hall–Kier alpha value is -2.34. The number of hydrogen-bond donors (Lipinski definition) is 1. The van der Waals surface area contributed by atoms with E-state index in [2.05, 4.69) is 5.32 Å². The Balaban J connectivity index is 1.62. The lowest BCUT2D eigenvalue weighted by Gasteiger charge is -2.24. The third kappa shape index (κ3) is 4.39. The zero-order valence-corrected chi connectivity index (χ0v) is 14.7. The van der Waals surface area contributed by atoms with E-state index in [9.17, 15) is 14.0 Å². The summed E-state index contributed by atoms with van der Waals surface area (Å²) in [4.78, 5) is 26.0. The number of halogens is 1. The number of carbonyl (C=O) groups is 2. The van der Waals surface area contributed by atoms with Gasteiger partial charge in [0, 0.05) is 6.54 Å². The highest BCUT2D eigenvalue weighted by atomic mass is 32.2. The van der Waals surface area contributed by atoms with Crippen LogP contribution in [0.3, 0.4) is 0 Å². The van der Waals surface area contributed by atoms with E-state index in [0.29, 0.717) is 12.3 Å². The van der Waals surface area contributed by atoms with E-state index in [1.165, 1.54) is 23.9 Å². The summed E-state index contributed by atoms with van der Waals surface area (Å²) in [6.45, 7) is 2.33. The van der Waals surface area contributed by atoms with Crippen molar-refractivity contribution < 1.29 is 14.0 Å². The summed E-state index contributed by atoms with van der Waals surface area (Å²) in [6.07, 6.45) is 0. The summed E-state index contributed by atoms with van der Waals surface area (Å²) >= 11 is 1.53. The number of nitrogens with zero attached hydrogens (tertiary/aromatic N) is 1. The minimum Gasteiger partial charge on any atom is -0.350 e. The van der Waals surface area contributed by atoms with E-state index >= 15 is 0 Å². The van der Waals surface area contributed by atoms with Crippen molar-refractivity contribution in [1.29, 1.82) is 0 Å². The van der Waals surface area contributed by atoms with E-state index in [0.717, 1.165) is 16.7 Å². The van der Waals surface area contributed by atoms with Gasteiger partial charge in [0.15, 0.2) is 0 Å². The normalized spacial score (nSPS) is 17.0. The van der Waals surface area contributed by atoms with Crippen molar-refractivity contribution >= 4 is 23.6 Å². The highest BCUT2D eigenvalue weighted by Gasteiger charge is 2.34. The fourth-order valence-corrected chi connectivity index (χ4v) is 3.92. The molecule has 0 saturated carbocycles. The molecule has 0 spiro atoms. The van der Waals surface area contributed by atoms with Crippen molar-refractivity contribution in [2.75, 3.05) is 12.3 Å². The van der Waals surface area contributed by atoms with Gasteiger partial charge in [0.25, 0.3) is 0 Å². The molecule has 1 aliphatic rings. The molecule has 0 unspecified atom stereocenters. The van der Waals surface area contributed by atoms with Crippen LogP contribution in [0.5, 0.6) is 0 Å². The smallest absolute Gasteiger partial charge is 0.239 e. The Bertz CT molecular complexity index is 779. The molecule has 1 atom stereocenters. The van der Waals surface area contributed by atoms with Crippen molar-refractivity contribution in [3.8, 4) is 0 Å². The van der Waals surface area contributed by atoms with Gasteiger partial charge in [0.2, 0.25) is 11.8 Å². The molecule has 6 heteroatoms. The van der Waals surface area contributed by atoms with Gasteiger partial charge in [-0.2, -0.15) is 0 Å². The molecule has 25 heavy (non-hydrogen) atoms. The SMILES string of the molecule is Cc1cccc([C@@H]2SCC(=O)N2CC(=O)NCc2ccc(F)cc2)c1. The van der Waals surface area contributed by atoms with E-state index in [1.54, 1.807) is 17.0 Å². The molecule has 0 bridgehead atoms. The Labute approximate surface area is 150 Å². The van der Waals surface area contributed by atoms with Crippen molar-refractivity contribution in [3.63, 3.8) is 0 Å². The second kappa shape index (κ2) is 7.70. The van der Waals surface area contributed by atoms with Crippen LogP contribution in [0, 0.1) is 12.7 Å². The summed E-state index contributed by atoms with van der Waals surface area (Å²) in [6, 6.07) is 14.0. The Morgan fingerprint density at radius 3 is 2.76 bits per heavy atom. The molecule has 2 aromatic carbocycles. The topological polar surface area (TPSA) is 49.4 Å². The van der Waals surface area contributed by atoms with Crippen LogP contribution in [0.1, 0.15) is 22.1 Å². The van der Waals surface area contributed by atoms with Crippen LogP contribution >= 0.6 is 11.8 Å². The van der Waals surface area contributed by atoms with E-state index < -0.39 is 0 Å². The zero-order valence-electron chi connectivity index (χ0n) is 13.9. The molecule has 2 amide bonds. The fraction of sp³-hybridized carbons (Fsp3) is 0.263. The standard InChI is InChI=1S/C19H19FN2O2S/c1-13-3-2-4-15(9-13)19-22(18(24)12-25-19)11-17(23)21-10-14-5-7-16(20)8-6-14/h2-9,19H,10-12H2,1H3,(H,21,23)/t19-/m0/s1. The minimum atomic E-state index is -0.309. The first-order chi connectivity index (χ1) is 12.0. The van der Waals surface area contributed by atoms with Crippen LogP contribution in [0.4, 0.5) is 4.39 Å². The van der Waals surface area contributed by atoms with Gasteiger partial charge in [-0.1, -0.05) is 42.0 Å². The van der Waals surface area contributed by atoms with Crippen molar-refractivity contribution in [2.24, 2.45) is 0 Å². The average molecular weight is 358 g/mol. The number of amides is 2. The van der Waals surface area contributed by atoms with Gasteiger partial charge in [-0.3, -0.25) is 9.59 Å². The van der Waals surface area contributed by atoms with Gasteiger partial charge in [-0.15, -0.1) is 11.8 Å². The summed E-state index contributed by atoms with van der Waals surface area (Å²) in [5.41, 5.74) is 2.97.